The number of pyridine rings is 1. The Morgan fingerprint density at radius 2 is 1.73 bits per heavy atom. The van der Waals surface area contributed by atoms with Crippen LogP contribution >= 0.6 is 23.2 Å². The fraction of sp³-hybridized carbons (Fsp3) is 0.471. The zero-order valence-electron chi connectivity index (χ0n) is 27.9. The van der Waals surface area contributed by atoms with Crippen molar-refractivity contribution in [2.75, 3.05) is 26.2 Å². The number of likely N-dealkylation sites (tertiary alicyclic amines) is 1. The quantitative estimate of drug-likeness (QED) is 0.305. The number of hydrogen-bond donors (Lipinski definition) is 2. The molecule has 0 bridgehead atoms. The Morgan fingerprint density at radius 1 is 1.00 bits per heavy atom. The van der Waals surface area contributed by atoms with E-state index in [0.717, 1.165) is 11.1 Å². The van der Waals surface area contributed by atoms with Gasteiger partial charge in [0.15, 0.2) is 0 Å². The first-order valence-electron chi connectivity index (χ1n) is 16.2. The van der Waals surface area contributed by atoms with Gasteiger partial charge in [-0.15, -0.1) is 0 Å². The van der Waals surface area contributed by atoms with E-state index in [0.29, 0.717) is 55.6 Å². The van der Waals surface area contributed by atoms with Gasteiger partial charge in [0, 0.05) is 47.3 Å². The van der Waals surface area contributed by atoms with Crippen LogP contribution in [0.3, 0.4) is 0 Å². The molecule has 1 aromatic heterocycles. The molecule has 264 valence electrons. The molecule has 2 aliphatic rings. The van der Waals surface area contributed by atoms with Crippen LogP contribution in [0.1, 0.15) is 57.7 Å². The van der Waals surface area contributed by atoms with E-state index >= 15 is 0 Å². The summed E-state index contributed by atoms with van der Waals surface area (Å²) >= 11 is 13.2. The normalized spacial score (nSPS) is 17.6. The summed E-state index contributed by atoms with van der Waals surface area (Å²) < 4.78 is 40.4. The van der Waals surface area contributed by atoms with Gasteiger partial charge in [-0.3, -0.25) is 9.59 Å². The van der Waals surface area contributed by atoms with E-state index in [2.05, 4.69) is 15.6 Å². The van der Waals surface area contributed by atoms with Crippen LogP contribution in [0.5, 0.6) is 5.75 Å². The fourth-order valence-corrected chi connectivity index (χ4v) is 8.47. The van der Waals surface area contributed by atoms with E-state index < -0.39 is 33.7 Å². The van der Waals surface area contributed by atoms with Crippen molar-refractivity contribution in [1.82, 2.24) is 24.8 Å². The molecule has 5 rings (SSSR count). The first-order valence-corrected chi connectivity index (χ1v) is 18.4. The van der Waals surface area contributed by atoms with Crippen LogP contribution in [0, 0.1) is 6.92 Å². The van der Waals surface area contributed by atoms with Crippen molar-refractivity contribution in [3.63, 3.8) is 0 Å². The summed E-state index contributed by atoms with van der Waals surface area (Å²) in [4.78, 5) is 44.0. The molecule has 0 spiro atoms. The summed E-state index contributed by atoms with van der Waals surface area (Å²) in [5, 5.41) is 6.53. The number of aromatic nitrogens is 1. The maximum Gasteiger partial charge on any atom is 0.408 e. The van der Waals surface area contributed by atoms with Crippen LogP contribution in [0.2, 0.25) is 10.0 Å². The predicted octanol–water partition coefficient (Wildman–Crippen LogP) is 5.21. The number of ether oxygens (including phenoxy) is 2. The van der Waals surface area contributed by atoms with Gasteiger partial charge in [-0.1, -0.05) is 41.4 Å². The maximum absolute atomic E-state index is 14.0. The molecule has 1 atom stereocenters. The van der Waals surface area contributed by atoms with Gasteiger partial charge in [-0.2, -0.15) is 4.31 Å². The number of rotatable bonds is 9. The minimum atomic E-state index is -4.20. The second-order valence-corrected chi connectivity index (χ2v) is 15.8. The highest BCUT2D eigenvalue weighted by Gasteiger charge is 2.41. The summed E-state index contributed by atoms with van der Waals surface area (Å²) in [6.07, 6.45) is 1.16. The maximum atomic E-state index is 14.0. The third-order valence-corrected chi connectivity index (χ3v) is 11.3. The molecule has 2 N–H and O–H groups in total. The number of nitrogens with zero attached hydrogens (tertiary/aromatic N) is 3. The number of nitrogens with one attached hydrogen (secondary N) is 2. The fourth-order valence-electron chi connectivity index (χ4n) is 5.95. The summed E-state index contributed by atoms with van der Waals surface area (Å²) in [5.41, 5.74) is 1.11. The van der Waals surface area contributed by atoms with E-state index in [1.165, 1.54) is 16.4 Å². The number of halogens is 2. The Hall–Kier alpha value is -3.65. The number of carbonyl (C=O) groups is 3. The van der Waals surface area contributed by atoms with Gasteiger partial charge >= 0.3 is 6.09 Å². The molecular weight excluding hydrogens is 693 g/mol. The van der Waals surface area contributed by atoms with Crippen LogP contribution in [0.15, 0.2) is 47.4 Å². The molecular formula is C34H41Cl2N5O7S. The molecule has 2 aromatic carbocycles. The zero-order chi connectivity index (χ0) is 35.5. The average molecular weight is 735 g/mol. The molecule has 2 aliphatic heterocycles. The molecule has 0 radical (unpaired) electrons. The lowest BCUT2D eigenvalue weighted by molar-refractivity contribution is -0.131. The molecule has 3 aromatic rings. The molecule has 2 fully saturated rings. The Balaban J connectivity index is 1.21. The lowest BCUT2D eigenvalue weighted by atomic mass is 10.0. The van der Waals surface area contributed by atoms with Crippen molar-refractivity contribution in [2.24, 2.45) is 0 Å². The first-order chi connectivity index (χ1) is 23.1. The van der Waals surface area contributed by atoms with Crippen molar-refractivity contribution in [3.8, 4) is 5.75 Å². The Morgan fingerprint density at radius 3 is 2.45 bits per heavy atom. The number of carbonyl (C=O) groups excluding carboxylic acids is 3. The minimum Gasteiger partial charge on any atom is -0.487 e. The van der Waals surface area contributed by atoms with E-state index in [9.17, 15) is 22.8 Å². The minimum absolute atomic E-state index is 0.0684. The lowest BCUT2D eigenvalue weighted by Gasteiger charge is -2.33. The average Bonchev–Trinajstić information content (AvgIpc) is 3.55. The van der Waals surface area contributed by atoms with E-state index in [-0.39, 0.29) is 46.6 Å². The van der Waals surface area contributed by atoms with Gasteiger partial charge < -0.3 is 25.0 Å². The van der Waals surface area contributed by atoms with E-state index in [1.54, 1.807) is 31.7 Å². The van der Waals surface area contributed by atoms with Gasteiger partial charge in [-0.25, -0.2) is 18.2 Å². The number of fused-ring (bicyclic) bond motifs is 1. The van der Waals surface area contributed by atoms with E-state index in [4.69, 9.17) is 32.7 Å². The number of hydrogen-bond acceptors (Lipinski definition) is 8. The van der Waals surface area contributed by atoms with Crippen LogP contribution in [0.4, 0.5) is 4.79 Å². The van der Waals surface area contributed by atoms with Crippen molar-refractivity contribution < 1.29 is 32.3 Å². The molecule has 15 heteroatoms. The Bertz CT molecular complexity index is 1840. The molecule has 3 heterocycles. The van der Waals surface area contributed by atoms with Crippen molar-refractivity contribution >= 4 is 62.0 Å². The largest absolute Gasteiger partial charge is 0.487 e. The number of sulfonamides is 1. The highest BCUT2D eigenvalue weighted by Crippen LogP contribution is 2.36. The number of piperidine rings is 1. The molecule has 0 aliphatic carbocycles. The summed E-state index contributed by atoms with van der Waals surface area (Å²) in [7, 11) is -4.20. The molecule has 12 nitrogen and oxygen atoms in total. The number of amides is 3. The lowest BCUT2D eigenvalue weighted by Crippen LogP contribution is -2.53. The SMILES string of the molecule is Cc1ccc2cccc(OCc3c(Cl)ccc(S(=O)(=O)N4CCC[C@H]4C(=O)NC4CCN(C(=O)CNC(=O)OC(C)(C)C)CC4)c3Cl)c2n1. The van der Waals surface area contributed by atoms with Gasteiger partial charge in [-0.05, 0) is 77.6 Å². The molecule has 2 saturated heterocycles. The number of alkyl carbamates (subject to hydrolysis) is 1. The third kappa shape index (κ3) is 8.75. The van der Waals surface area contributed by atoms with Crippen LogP contribution in [0.25, 0.3) is 10.9 Å². The zero-order valence-corrected chi connectivity index (χ0v) is 30.3. The monoisotopic (exact) mass is 733 g/mol. The van der Waals surface area contributed by atoms with Crippen molar-refractivity contribution in [3.05, 3.63) is 63.8 Å². The van der Waals surface area contributed by atoms with Crippen LogP contribution < -0.4 is 15.4 Å². The first kappa shape index (κ1) is 36.6. The van der Waals surface area contributed by atoms with Crippen molar-refractivity contribution in [1.29, 1.82) is 0 Å². The molecule has 0 saturated carbocycles. The second kappa shape index (κ2) is 15.1. The number of para-hydroxylation sites is 1. The third-order valence-electron chi connectivity index (χ3n) is 8.41. The number of benzene rings is 2. The number of aryl methyl sites for hydroxylation is 1. The van der Waals surface area contributed by atoms with Gasteiger partial charge in [0.05, 0.1) is 5.02 Å². The van der Waals surface area contributed by atoms with Crippen molar-refractivity contribution in [2.45, 2.75) is 82.6 Å². The summed E-state index contributed by atoms with van der Waals surface area (Å²) in [6, 6.07) is 11.0. The van der Waals surface area contributed by atoms with Gasteiger partial charge in [0.1, 0.15) is 41.0 Å². The summed E-state index contributed by atoms with van der Waals surface area (Å²) in [6.45, 7) is 7.72. The predicted molar refractivity (Wildman–Crippen MR) is 186 cm³/mol. The van der Waals surface area contributed by atoms with Gasteiger partial charge in [0.2, 0.25) is 21.8 Å². The standard InChI is InChI=1S/C34H41Cl2N5O7S/c1-21-10-11-22-7-5-9-27(31(22)38-21)47-20-24-25(35)12-13-28(30(24)36)49(45,46)41-16-6-8-26(41)32(43)39-23-14-17-40(18-15-23)29(42)19-37-33(44)48-34(2,3)4/h5,7,9-13,23,26H,6,8,14-20H2,1-4H3,(H,37,44)(H,39,43)/t26-/m0/s1. The smallest absolute Gasteiger partial charge is 0.408 e. The molecule has 49 heavy (non-hydrogen) atoms. The van der Waals surface area contributed by atoms with Gasteiger partial charge in [0.25, 0.3) is 0 Å². The Labute approximate surface area is 296 Å². The Kier molecular flexibility index (Phi) is 11.3. The molecule has 0 unspecified atom stereocenters. The highest BCUT2D eigenvalue weighted by molar-refractivity contribution is 7.89. The van der Waals surface area contributed by atoms with Crippen LogP contribution in [-0.4, -0.2) is 84.4 Å². The second-order valence-electron chi connectivity index (χ2n) is 13.2. The topological polar surface area (TPSA) is 147 Å². The summed E-state index contributed by atoms with van der Waals surface area (Å²) in [5.74, 6) is -0.146. The highest BCUT2D eigenvalue weighted by atomic mass is 35.5. The van der Waals surface area contributed by atoms with Crippen LogP contribution in [-0.2, 0) is 31.0 Å². The molecule has 3 amide bonds. The van der Waals surface area contributed by atoms with E-state index in [1.807, 2.05) is 31.2 Å².